The van der Waals surface area contributed by atoms with Crippen LogP contribution in [0.25, 0.3) is 0 Å². The maximum absolute atomic E-state index is 11.8. The molecular formula is C13H15NO2S. The van der Waals surface area contributed by atoms with Gasteiger partial charge in [-0.3, -0.25) is 14.5 Å². The highest BCUT2D eigenvalue weighted by Gasteiger charge is 2.14. The lowest BCUT2D eigenvalue weighted by atomic mass is 10.1. The molecule has 1 aromatic rings. The number of amides is 2. The number of hydrogen-bond acceptors (Lipinski definition) is 3. The van der Waals surface area contributed by atoms with Gasteiger partial charge in [-0.1, -0.05) is 30.3 Å². The fourth-order valence-electron chi connectivity index (χ4n) is 1.25. The lowest BCUT2D eigenvalue weighted by molar-refractivity contribution is -0.139. The summed E-state index contributed by atoms with van der Waals surface area (Å²) in [5, 5.41) is 1.66. The third kappa shape index (κ3) is 4.44. The second-order valence-corrected chi connectivity index (χ2v) is 4.24. The Labute approximate surface area is 106 Å². The molecular weight excluding hydrogens is 234 g/mol. The second-order valence-electron chi connectivity index (χ2n) is 3.49. The normalized spacial score (nSPS) is 10.5. The van der Waals surface area contributed by atoms with Gasteiger partial charge in [0.05, 0.1) is 6.42 Å². The van der Waals surface area contributed by atoms with Crippen molar-refractivity contribution in [1.29, 1.82) is 0 Å². The molecule has 2 amide bonds. The van der Waals surface area contributed by atoms with E-state index < -0.39 is 0 Å². The zero-order valence-electron chi connectivity index (χ0n) is 9.92. The summed E-state index contributed by atoms with van der Waals surface area (Å²) in [6.45, 7) is 0. The van der Waals surface area contributed by atoms with E-state index in [4.69, 9.17) is 0 Å². The molecule has 0 bridgehead atoms. The molecule has 0 fully saturated rings. The van der Waals surface area contributed by atoms with Gasteiger partial charge in [0.1, 0.15) is 0 Å². The Balaban J connectivity index is 2.59. The SMILES string of the molecule is CS/C=C\C(=O)N(C)C(=O)Cc1ccccc1. The first-order chi connectivity index (χ1) is 8.15. The molecule has 1 rings (SSSR count). The Bertz CT molecular complexity index is 415. The van der Waals surface area contributed by atoms with Crippen molar-refractivity contribution >= 4 is 23.6 Å². The number of benzene rings is 1. The minimum Gasteiger partial charge on any atom is -0.282 e. The molecule has 0 aliphatic carbocycles. The van der Waals surface area contributed by atoms with Gasteiger partial charge in [-0.15, -0.1) is 11.8 Å². The Hall–Kier alpha value is -1.55. The van der Waals surface area contributed by atoms with Gasteiger partial charge in [0.2, 0.25) is 5.91 Å². The summed E-state index contributed by atoms with van der Waals surface area (Å²) in [5.74, 6) is -0.493. The maximum Gasteiger partial charge on any atom is 0.253 e. The smallest absolute Gasteiger partial charge is 0.253 e. The van der Waals surface area contributed by atoms with Gasteiger partial charge >= 0.3 is 0 Å². The van der Waals surface area contributed by atoms with E-state index in [-0.39, 0.29) is 18.2 Å². The van der Waals surface area contributed by atoms with Crippen LogP contribution in [0.2, 0.25) is 0 Å². The van der Waals surface area contributed by atoms with Crippen molar-refractivity contribution in [3.63, 3.8) is 0 Å². The average molecular weight is 249 g/mol. The number of rotatable bonds is 4. The Morgan fingerprint density at radius 3 is 2.53 bits per heavy atom. The fraction of sp³-hybridized carbons (Fsp3) is 0.231. The van der Waals surface area contributed by atoms with E-state index in [2.05, 4.69) is 0 Å². The Morgan fingerprint density at radius 1 is 1.29 bits per heavy atom. The molecule has 0 aliphatic rings. The lowest BCUT2D eigenvalue weighted by Crippen LogP contribution is -2.32. The van der Waals surface area contributed by atoms with Crippen LogP contribution in [0, 0.1) is 0 Å². The molecule has 0 aromatic heterocycles. The highest BCUT2D eigenvalue weighted by Crippen LogP contribution is 2.03. The van der Waals surface area contributed by atoms with Gasteiger partial charge in [0.15, 0.2) is 0 Å². The summed E-state index contributed by atoms with van der Waals surface area (Å²) in [5.41, 5.74) is 0.908. The van der Waals surface area contributed by atoms with Crippen molar-refractivity contribution in [3.8, 4) is 0 Å². The van der Waals surface area contributed by atoms with E-state index >= 15 is 0 Å². The number of hydrogen-bond donors (Lipinski definition) is 0. The van der Waals surface area contributed by atoms with Crippen LogP contribution in [0.15, 0.2) is 41.8 Å². The van der Waals surface area contributed by atoms with E-state index in [1.807, 2.05) is 36.6 Å². The standard InChI is InChI=1S/C13H15NO2S/c1-14(12(15)8-9-17-2)13(16)10-11-6-4-3-5-7-11/h3-9H,10H2,1-2H3/b9-8-. The number of imide groups is 1. The predicted octanol–water partition coefficient (Wildman–Crippen LogP) is 2.09. The van der Waals surface area contributed by atoms with Crippen LogP contribution in [-0.4, -0.2) is 30.0 Å². The van der Waals surface area contributed by atoms with Crippen molar-refractivity contribution in [2.45, 2.75) is 6.42 Å². The van der Waals surface area contributed by atoms with Crippen LogP contribution in [0.5, 0.6) is 0 Å². The molecule has 0 aliphatic heterocycles. The van der Waals surface area contributed by atoms with Crippen LogP contribution in [0.4, 0.5) is 0 Å². The summed E-state index contributed by atoms with van der Waals surface area (Å²) in [4.78, 5) is 24.5. The summed E-state index contributed by atoms with van der Waals surface area (Å²) in [7, 11) is 1.50. The molecule has 0 heterocycles. The topological polar surface area (TPSA) is 37.4 Å². The quantitative estimate of drug-likeness (QED) is 0.767. The Kier molecular flexibility index (Phi) is 5.49. The average Bonchev–Trinajstić information content (AvgIpc) is 2.36. The zero-order chi connectivity index (χ0) is 12.7. The molecule has 0 spiro atoms. The number of nitrogens with zero attached hydrogens (tertiary/aromatic N) is 1. The zero-order valence-corrected chi connectivity index (χ0v) is 10.7. The van der Waals surface area contributed by atoms with Crippen molar-refractivity contribution < 1.29 is 9.59 Å². The van der Waals surface area contributed by atoms with E-state index in [1.54, 1.807) is 5.41 Å². The molecule has 90 valence electrons. The third-order valence-corrected chi connectivity index (χ3v) is 2.66. The van der Waals surface area contributed by atoms with E-state index in [0.717, 1.165) is 10.5 Å². The predicted molar refractivity (Wildman–Crippen MR) is 70.6 cm³/mol. The highest BCUT2D eigenvalue weighted by atomic mass is 32.2. The number of likely N-dealkylation sites (N-methyl/N-ethyl adjacent to an activating group) is 1. The van der Waals surface area contributed by atoms with E-state index in [1.165, 1.54) is 24.9 Å². The molecule has 17 heavy (non-hydrogen) atoms. The summed E-state index contributed by atoms with van der Waals surface area (Å²) >= 11 is 1.42. The molecule has 0 unspecified atom stereocenters. The number of thioether (sulfide) groups is 1. The van der Waals surface area contributed by atoms with Crippen molar-refractivity contribution in [2.75, 3.05) is 13.3 Å². The fourth-order valence-corrected chi connectivity index (χ4v) is 1.50. The second kappa shape index (κ2) is 6.91. The number of carbonyl (C=O) groups is 2. The Morgan fingerprint density at radius 2 is 1.94 bits per heavy atom. The van der Waals surface area contributed by atoms with Crippen molar-refractivity contribution in [1.82, 2.24) is 4.90 Å². The van der Waals surface area contributed by atoms with Crippen molar-refractivity contribution in [3.05, 3.63) is 47.4 Å². The summed E-state index contributed by atoms with van der Waals surface area (Å²) in [6, 6.07) is 9.38. The first-order valence-electron chi connectivity index (χ1n) is 5.19. The van der Waals surface area contributed by atoms with Crippen LogP contribution >= 0.6 is 11.8 Å². The van der Waals surface area contributed by atoms with Gasteiger partial charge in [-0.05, 0) is 17.2 Å². The third-order valence-electron chi connectivity index (χ3n) is 2.25. The minimum absolute atomic E-state index is 0.202. The maximum atomic E-state index is 11.8. The van der Waals surface area contributed by atoms with Crippen molar-refractivity contribution in [2.24, 2.45) is 0 Å². The molecule has 1 aromatic carbocycles. The van der Waals surface area contributed by atoms with Crippen LogP contribution in [0.1, 0.15) is 5.56 Å². The molecule has 0 saturated heterocycles. The van der Waals surface area contributed by atoms with Gasteiger partial charge in [0.25, 0.3) is 5.91 Å². The first kappa shape index (κ1) is 13.5. The largest absolute Gasteiger partial charge is 0.282 e. The molecule has 0 N–H and O–H groups in total. The van der Waals surface area contributed by atoms with Crippen LogP contribution in [-0.2, 0) is 16.0 Å². The molecule has 0 saturated carbocycles. The molecule has 4 heteroatoms. The van der Waals surface area contributed by atoms with E-state index in [0.29, 0.717) is 0 Å². The van der Waals surface area contributed by atoms with Gasteiger partial charge in [0, 0.05) is 13.1 Å². The van der Waals surface area contributed by atoms with Gasteiger partial charge in [-0.2, -0.15) is 0 Å². The van der Waals surface area contributed by atoms with Gasteiger partial charge < -0.3 is 0 Å². The minimum atomic E-state index is -0.291. The van der Waals surface area contributed by atoms with Crippen LogP contribution in [0.3, 0.4) is 0 Å². The van der Waals surface area contributed by atoms with E-state index in [9.17, 15) is 9.59 Å². The molecule has 0 atom stereocenters. The molecule has 0 radical (unpaired) electrons. The van der Waals surface area contributed by atoms with Gasteiger partial charge in [-0.25, -0.2) is 0 Å². The summed E-state index contributed by atoms with van der Waals surface area (Å²) < 4.78 is 0. The first-order valence-corrected chi connectivity index (χ1v) is 6.47. The molecule has 3 nitrogen and oxygen atoms in total. The monoisotopic (exact) mass is 249 g/mol. The lowest BCUT2D eigenvalue weighted by Gasteiger charge is -2.12. The highest BCUT2D eigenvalue weighted by molar-refractivity contribution is 8.01. The number of carbonyl (C=O) groups excluding carboxylic acids is 2. The summed E-state index contributed by atoms with van der Waals surface area (Å²) in [6.07, 6.45) is 3.50. The van der Waals surface area contributed by atoms with Crippen LogP contribution < -0.4 is 0 Å².